The number of hydrogen-bond acceptors (Lipinski definition) is 6. The van der Waals surface area contributed by atoms with E-state index in [1.165, 1.54) is 16.4 Å². The lowest BCUT2D eigenvalue weighted by Crippen LogP contribution is -2.34. The summed E-state index contributed by atoms with van der Waals surface area (Å²) in [5, 5.41) is 8.50. The number of ether oxygens (including phenoxy) is 1. The lowest BCUT2D eigenvalue weighted by Gasteiger charge is -2.24. The second-order valence-corrected chi connectivity index (χ2v) is 7.40. The molecule has 2 aromatic carbocycles. The number of nitrogen functional groups attached to an aromatic ring is 1. The van der Waals surface area contributed by atoms with Crippen LogP contribution in [-0.2, 0) is 4.79 Å². The van der Waals surface area contributed by atoms with Crippen LogP contribution in [0.25, 0.3) is 11.4 Å². The highest BCUT2D eigenvalue weighted by Crippen LogP contribution is 2.36. The first-order chi connectivity index (χ1) is 14.1. The molecule has 1 aromatic heterocycles. The van der Waals surface area contributed by atoms with Gasteiger partial charge in [-0.2, -0.15) is 0 Å². The maximum atomic E-state index is 13.2. The van der Waals surface area contributed by atoms with E-state index in [2.05, 4.69) is 10.2 Å². The van der Waals surface area contributed by atoms with Gasteiger partial charge in [0.15, 0.2) is 5.82 Å². The molecule has 0 spiro atoms. The Bertz CT molecular complexity index is 939. The van der Waals surface area contributed by atoms with E-state index < -0.39 is 5.25 Å². The minimum Gasteiger partial charge on any atom is -0.497 e. The number of methoxy groups -OCH3 is 1. The summed E-state index contributed by atoms with van der Waals surface area (Å²) in [6, 6.07) is 17.1. The van der Waals surface area contributed by atoms with Crippen molar-refractivity contribution in [1.29, 1.82) is 0 Å². The molecule has 0 saturated carbocycles. The van der Waals surface area contributed by atoms with Crippen LogP contribution in [0.1, 0.15) is 24.7 Å². The minimum atomic E-state index is -0.452. The van der Waals surface area contributed by atoms with Crippen molar-refractivity contribution < 1.29 is 9.53 Å². The molecule has 1 atom stereocenters. The van der Waals surface area contributed by atoms with Crippen LogP contribution in [-0.4, -0.2) is 45.9 Å². The first-order valence-corrected chi connectivity index (χ1v) is 10.3. The zero-order chi connectivity index (χ0) is 20.8. The third-order valence-corrected chi connectivity index (χ3v) is 5.84. The Morgan fingerprint density at radius 2 is 1.76 bits per heavy atom. The van der Waals surface area contributed by atoms with Gasteiger partial charge >= 0.3 is 0 Å². The SMILES string of the molecule is CCN(CC)C(=O)C(Sc1nnc(-c2ccc(OC)cc2)n1N)c1ccccc1. The van der Waals surface area contributed by atoms with Crippen LogP contribution in [0.2, 0.25) is 0 Å². The molecule has 1 heterocycles. The maximum Gasteiger partial charge on any atom is 0.240 e. The quantitative estimate of drug-likeness (QED) is 0.452. The van der Waals surface area contributed by atoms with Crippen LogP contribution in [0.5, 0.6) is 5.75 Å². The summed E-state index contributed by atoms with van der Waals surface area (Å²) in [5.41, 5.74) is 1.72. The van der Waals surface area contributed by atoms with Crippen molar-refractivity contribution in [3.05, 3.63) is 60.2 Å². The molecule has 0 aliphatic rings. The van der Waals surface area contributed by atoms with Crippen LogP contribution in [0.15, 0.2) is 59.8 Å². The number of hydrogen-bond donors (Lipinski definition) is 1. The molecule has 1 unspecified atom stereocenters. The van der Waals surface area contributed by atoms with Crippen molar-refractivity contribution in [1.82, 2.24) is 19.8 Å². The molecule has 0 saturated heterocycles. The molecule has 3 rings (SSSR count). The Kier molecular flexibility index (Phi) is 6.77. The summed E-state index contributed by atoms with van der Waals surface area (Å²) in [4.78, 5) is 15.0. The summed E-state index contributed by atoms with van der Waals surface area (Å²) >= 11 is 1.31. The minimum absolute atomic E-state index is 0.0280. The highest BCUT2D eigenvalue weighted by Gasteiger charge is 2.28. The number of thioether (sulfide) groups is 1. The highest BCUT2D eigenvalue weighted by atomic mass is 32.2. The standard InChI is InChI=1S/C21H25N5O2S/c1-4-25(5-2)20(27)18(15-9-7-6-8-10-15)29-21-24-23-19(26(21)22)16-11-13-17(28-3)14-12-16/h6-14,18H,4-5,22H2,1-3H3. The molecule has 0 radical (unpaired) electrons. The zero-order valence-electron chi connectivity index (χ0n) is 16.8. The van der Waals surface area contributed by atoms with Gasteiger partial charge in [-0.15, -0.1) is 10.2 Å². The average Bonchev–Trinajstić information content (AvgIpc) is 3.13. The van der Waals surface area contributed by atoms with E-state index in [-0.39, 0.29) is 5.91 Å². The normalized spacial score (nSPS) is 11.8. The van der Waals surface area contributed by atoms with Crippen molar-refractivity contribution in [2.75, 3.05) is 26.0 Å². The molecular formula is C21H25N5O2S. The van der Waals surface area contributed by atoms with E-state index in [9.17, 15) is 4.79 Å². The summed E-state index contributed by atoms with van der Waals surface area (Å²) in [7, 11) is 1.62. The van der Waals surface area contributed by atoms with Gasteiger partial charge in [0, 0.05) is 18.7 Å². The Hall–Kier alpha value is -3.00. The lowest BCUT2D eigenvalue weighted by molar-refractivity contribution is -0.130. The number of amides is 1. The van der Waals surface area contributed by atoms with Crippen molar-refractivity contribution in [2.45, 2.75) is 24.3 Å². The summed E-state index contributed by atoms with van der Waals surface area (Å²) in [6.45, 7) is 5.24. The Labute approximate surface area is 174 Å². The van der Waals surface area contributed by atoms with E-state index in [4.69, 9.17) is 10.6 Å². The van der Waals surface area contributed by atoms with E-state index >= 15 is 0 Å². The van der Waals surface area contributed by atoms with Gasteiger partial charge in [-0.25, -0.2) is 4.68 Å². The Balaban J connectivity index is 1.91. The smallest absolute Gasteiger partial charge is 0.240 e. The first-order valence-electron chi connectivity index (χ1n) is 9.44. The second kappa shape index (κ2) is 9.47. The molecule has 29 heavy (non-hydrogen) atoms. The summed E-state index contributed by atoms with van der Waals surface area (Å²) < 4.78 is 6.62. The van der Waals surface area contributed by atoms with Gasteiger partial charge < -0.3 is 15.5 Å². The van der Waals surface area contributed by atoms with Crippen LogP contribution in [0.3, 0.4) is 0 Å². The Morgan fingerprint density at radius 3 is 2.34 bits per heavy atom. The molecular weight excluding hydrogens is 386 g/mol. The zero-order valence-corrected chi connectivity index (χ0v) is 17.6. The molecule has 3 aromatic rings. The molecule has 1 amide bonds. The van der Waals surface area contributed by atoms with E-state index in [1.54, 1.807) is 7.11 Å². The van der Waals surface area contributed by atoms with E-state index in [0.29, 0.717) is 24.1 Å². The predicted molar refractivity (Wildman–Crippen MR) is 115 cm³/mol. The predicted octanol–water partition coefficient (Wildman–Crippen LogP) is 3.37. The largest absolute Gasteiger partial charge is 0.497 e. The Morgan fingerprint density at radius 1 is 1.10 bits per heavy atom. The fraction of sp³-hybridized carbons (Fsp3) is 0.286. The van der Waals surface area contributed by atoms with Gasteiger partial charge in [0.2, 0.25) is 11.1 Å². The molecule has 152 valence electrons. The van der Waals surface area contributed by atoms with Crippen molar-refractivity contribution in [3.63, 3.8) is 0 Å². The third kappa shape index (κ3) is 4.54. The monoisotopic (exact) mass is 411 g/mol. The van der Waals surface area contributed by atoms with E-state index in [0.717, 1.165) is 16.9 Å². The van der Waals surface area contributed by atoms with Crippen molar-refractivity contribution in [3.8, 4) is 17.1 Å². The van der Waals surface area contributed by atoms with Crippen LogP contribution in [0, 0.1) is 0 Å². The molecule has 0 fully saturated rings. The van der Waals surface area contributed by atoms with Gasteiger partial charge in [-0.3, -0.25) is 4.79 Å². The molecule has 8 heteroatoms. The number of carbonyl (C=O) groups excluding carboxylic acids is 1. The number of aromatic nitrogens is 3. The number of nitrogens with zero attached hydrogens (tertiary/aromatic N) is 4. The van der Waals surface area contributed by atoms with Gasteiger partial charge in [0.25, 0.3) is 0 Å². The maximum absolute atomic E-state index is 13.2. The first kappa shape index (κ1) is 20.7. The number of benzene rings is 2. The average molecular weight is 412 g/mol. The van der Waals surface area contributed by atoms with E-state index in [1.807, 2.05) is 73.3 Å². The van der Waals surface area contributed by atoms with Crippen molar-refractivity contribution in [2.24, 2.45) is 0 Å². The fourth-order valence-corrected chi connectivity index (χ4v) is 4.03. The fourth-order valence-electron chi connectivity index (χ4n) is 2.99. The second-order valence-electron chi connectivity index (χ2n) is 6.32. The molecule has 0 aliphatic carbocycles. The van der Waals surface area contributed by atoms with Gasteiger partial charge in [0.1, 0.15) is 11.0 Å². The third-order valence-electron chi connectivity index (χ3n) is 4.64. The number of rotatable bonds is 8. The van der Waals surface area contributed by atoms with Crippen LogP contribution >= 0.6 is 11.8 Å². The molecule has 2 N–H and O–H groups in total. The lowest BCUT2D eigenvalue weighted by atomic mass is 10.1. The summed E-state index contributed by atoms with van der Waals surface area (Å²) in [5.74, 6) is 7.59. The molecule has 0 bridgehead atoms. The molecule has 0 aliphatic heterocycles. The number of nitrogens with two attached hydrogens (primary N) is 1. The van der Waals surface area contributed by atoms with Gasteiger partial charge in [0.05, 0.1) is 7.11 Å². The van der Waals surface area contributed by atoms with Crippen LogP contribution in [0.4, 0.5) is 0 Å². The van der Waals surface area contributed by atoms with Crippen molar-refractivity contribution >= 4 is 17.7 Å². The summed E-state index contributed by atoms with van der Waals surface area (Å²) in [6.07, 6.45) is 0. The van der Waals surface area contributed by atoms with Crippen LogP contribution < -0.4 is 10.6 Å². The topological polar surface area (TPSA) is 86.3 Å². The highest BCUT2D eigenvalue weighted by molar-refractivity contribution is 8.00. The number of carbonyl (C=O) groups is 1. The van der Waals surface area contributed by atoms with Gasteiger partial charge in [-0.1, -0.05) is 42.1 Å². The number of likely N-dealkylation sites (N-methyl/N-ethyl adjacent to an activating group) is 1. The van der Waals surface area contributed by atoms with Gasteiger partial charge in [-0.05, 0) is 43.7 Å². The molecule has 7 nitrogen and oxygen atoms in total.